The number of hydrogen-bond donors (Lipinski definition) is 2. The molecule has 1 saturated heterocycles. The summed E-state index contributed by atoms with van der Waals surface area (Å²) in [5.74, 6) is 0.967. The fraction of sp³-hybridized carbons (Fsp3) is 0.474. The first kappa shape index (κ1) is 18.4. The van der Waals surface area contributed by atoms with E-state index < -0.39 is 0 Å². The topological polar surface area (TPSA) is 77.4 Å². The summed E-state index contributed by atoms with van der Waals surface area (Å²) in [6.07, 6.45) is 3.83. The van der Waals surface area contributed by atoms with Crippen LogP contribution in [0.1, 0.15) is 17.0 Å². The van der Waals surface area contributed by atoms with Gasteiger partial charge in [0.1, 0.15) is 12.4 Å². The largest absolute Gasteiger partial charge is 0.491 e. The molecular weight excluding hydrogens is 332 g/mol. The number of benzene rings is 1. The SMILES string of the molecule is COCCOc1ccc(CNC(=O)[C@H]2CNC[C@@H]2c2cnn(C)c2)cc1. The summed E-state index contributed by atoms with van der Waals surface area (Å²) in [6, 6.07) is 7.75. The Bertz CT molecular complexity index is 714. The first-order valence-electron chi connectivity index (χ1n) is 8.85. The summed E-state index contributed by atoms with van der Waals surface area (Å²) >= 11 is 0. The number of nitrogens with one attached hydrogen (secondary N) is 2. The van der Waals surface area contributed by atoms with Gasteiger partial charge in [-0.1, -0.05) is 12.1 Å². The van der Waals surface area contributed by atoms with E-state index in [0.29, 0.717) is 26.3 Å². The monoisotopic (exact) mass is 358 g/mol. The van der Waals surface area contributed by atoms with Crippen molar-refractivity contribution in [3.05, 3.63) is 47.8 Å². The molecule has 2 aromatic rings. The Kier molecular flexibility index (Phi) is 6.25. The molecule has 0 aliphatic carbocycles. The molecule has 140 valence electrons. The van der Waals surface area contributed by atoms with Gasteiger partial charge < -0.3 is 20.1 Å². The van der Waals surface area contributed by atoms with Gasteiger partial charge in [0.15, 0.2) is 0 Å². The third-order valence-corrected chi connectivity index (χ3v) is 4.65. The zero-order valence-electron chi connectivity index (χ0n) is 15.3. The van der Waals surface area contributed by atoms with Crippen LogP contribution in [0.5, 0.6) is 5.75 Å². The number of aromatic nitrogens is 2. The van der Waals surface area contributed by atoms with Crippen LogP contribution in [0.25, 0.3) is 0 Å². The van der Waals surface area contributed by atoms with Crippen LogP contribution in [0, 0.1) is 5.92 Å². The molecule has 1 aliphatic heterocycles. The number of aryl methyl sites for hydroxylation is 1. The van der Waals surface area contributed by atoms with Gasteiger partial charge in [0.05, 0.1) is 18.7 Å². The van der Waals surface area contributed by atoms with Crippen LogP contribution in [-0.4, -0.2) is 49.1 Å². The van der Waals surface area contributed by atoms with Crippen molar-refractivity contribution < 1.29 is 14.3 Å². The van der Waals surface area contributed by atoms with E-state index >= 15 is 0 Å². The normalized spacial score (nSPS) is 19.5. The van der Waals surface area contributed by atoms with E-state index in [1.165, 1.54) is 0 Å². The Morgan fingerprint density at radius 2 is 2.12 bits per heavy atom. The molecule has 0 bridgehead atoms. The van der Waals surface area contributed by atoms with Crippen molar-refractivity contribution in [2.24, 2.45) is 13.0 Å². The van der Waals surface area contributed by atoms with Crippen molar-refractivity contribution in [2.45, 2.75) is 12.5 Å². The van der Waals surface area contributed by atoms with Crippen molar-refractivity contribution >= 4 is 5.91 Å². The molecule has 1 amide bonds. The van der Waals surface area contributed by atoms with Gasteiger partial charge in [0.25, 0.3) is 0 Å². The summed E-state index contributed by atoms with van der Waals surface area (Å²) in [7, 11) is 3.54. The van der Waals surface area contributed by atoms with Gasteiger partial charge in [0.2, 0.25) is 5.91 Å². The average Bonchev–Trinajstić information content (AvgIpc) is 3.29. The fourth-order valence-electron chi connectivity index (χ4n) is 3.20. The van der Waals surface area contributed by atoms with Crippen LogP contribution >= 0.6 is 0 Å². The number of amides is 1. The zero-order chi connectivity index (χ0) is 18.4. The first-order valence-corrected chi connectivity index (χ1v) is 8.85. The average molecular weight is 358 g/mol. The highest BCUT2D eigenvalue weighted by atomic mass is 16.5. The van der Waals surface area contributed by atoms with E-state index in [1.807, 2.05) is 43.7 Å². The minimum atomic E-state index is -0.0733. The molecule has 0 radical (unpaired) electrons. The van der Waals surface area contributed by atoms with Gasteiger partial charge in [0, 0.05) is 45.9 Å². The number of rotatable bonds is 8. The maximum Gasteiger partial charge on any atom is 0.225 e. The number of carbonyl (C=O) groups is 1. The zero-order valence-corrected chi connectivity index (χ0v) is 15.3. The van der Waals surface area contributed by atoms with Gasteiger partial charge in [-0.2, -0.15) is 5.10 Å². The van der Waals surface area contributed by atoms with E-state index in [-0.39, 0.29) is 17.7 Å². The summed E-state index contributed by atoms with van der Waals surface area (Å²) in [5, 5.41) is 10.6. The highest BCUT2D eigenvalue weighted by Crippen LogP contribution is 2.28. The highest BCUT2D eigenvalue weighted by molar-refractivity contribution is 5.80. The predicted octanol–water partition coefficient (Wildman–Crippen LogP) is 1.06. The summed E-state index contributed by atoms with van der Waals surface area (Å²) in [4.78, 5) is 12.6. The Morgan fingerprint density at radius 3 is 2.81 bits per heavy atom. The molecule has 0 saturated carbocycles. The molecular formula is C19H26N4O3. The van der Waals surface area contributed by atoms with Gasteiger partial charge >= 0.3 is 0 Å². The lowest BCUT2D eigenvalue weighted by molar-refractivity contribution is -0.125. The summed E-state index contributed by atoms with van der Waals surface area (Å²) in [5.41, 5.74) is 2.15. The molecule has 2 atom stereocenters. The summed E-state index contributed by atoms with van der Waals surface area (Å²) < 4.78 is 12.3. The molecule has 2 N–H and O–H groups in total. The third kappa shape index (κ3) is 4.62. The van der Waals surface area contributed by atoms with Crippen molar-refractivity contribution in [3.8, 4) is 5.75 Å². The van der Waals surface area contributed by atoms with E-state index in [9.17, 15) is 4.79 Å². The Hall–Kier alpha value is -2.38. The Labute approximate surface area is 153 Å². The molecule has 3 rings (SSSR count). The van der Waals surface area contributed by atoms with Crippen LogP contribution in [0.4, 0.5) is 0 Å². The van der Waals surface area contributed by atoms with Crippen LogP contribution in [-0.2, 0) is 23.1 Å². The van der Waals surface area contributed by atoms with Crippen LogP contribution in [0.3, 0.4) is 0 Å². The van der Waals surface area contributed by atoms with Gasteiger partial charge in [-0.3, -0.25) is 9.48 Å². The first-order chi connectivity index (χ1) is 12.7. The van der Waals surface area contributed by atoms with E-state index in [1.54, 1.807) is 11.8 Å². The molecule has 26 heavy (non-hydrogen) atoms. The number of methoxy groups -OCH3 is 1. The standard InChI is InChI=1S/C19H26N4O3/c1-23-13-15(10-22-23)17-11-20-12-18(17)19(24)21-9-14-3-5-16(6-4-14)26-8-7-25-2/h3-6,10,13,17-18,20H,7-9,11-12H2,1-2H3,(H,21,24)/t17-,18+/m1/s1. The number of ether oxygens (including phenoxy) is 2. The maximum atomic E-state index is 12.6. The van der Waals surface area contributed by atoms with E-state index in [2.05, 4.69) is 15.7 Å². The van der Waals surface area contributed by atoms with E-state index in [4.69, 9.17) is 9.47 Å². The fourth-order valence-corrected chi connectivity index (χ4v) is 3.20. The van der Waals surface area contributed by atoms with Gasteiger partial charge in [-0.25, -0.2) is 0 Å². The van der Waals surface area contributed by atoms with Crippen LogP contribution in [0.15, 0.2) is 36.7 Å². The number of hydrogen-bond acceptors (Lipinski definition) is 5. The molecule has 1 fully saturated rings. The van der Waals surface area contributed by atoms with Crippen LogP contribution in [0.2, 0.25) is 0 Å². The molecule has 2 heterocycles. The molecule has 1 aliphatic rings. The second-order valence-electron chi connectivity index (χ2n) is 6.52. The van der Waals surface area contributed by atoms with Crippen molar-refractivity contribution in [3.63, 3.8) is 0 Å². The molecule has 7 heteroatoms. The Balaban J connectivity index is 1.51. The molecule has 7 nitrogen and oxygen atoms in total. The highest BCUT2D eigenvalue weighted by Gasteiger charge is 2.34. The van der Waals surface area contributed by atoms with Crippen molar-refractivity contribution in [1.29, 1.82) is 0 Å². The molecule has 0 unspecified atom stereocenters. The minimum absolute atomic E-state index is 0.0733. The molecule has 1 aromatic carbocycles. The van der Waals surface area contributed by atoms with Gasteiger partial charge in [-0.05, 0) is 23.3 Å². The molecule has 1 aromatic heterocycles. The summed E-state index contributed by atoms with van der Waals surface area (Å²) in [6.45, 7) is 3.09. The smallest absolute Gasteiger partial charge is 0.225 e. The third-order valence-electron chi connectivity index (χ3n) is 4.65. The van der Waals surface area contributed by atoms with Crippen molar-refractivity contribution in [2.75, 3.05) is 33.4 Å². The predicted molar refractivity (Wildman–Crippen MR) is 98.0 cm³/mol. The minimum Gasteiger partial charge on any atom is -0.491 e. The second kappa shape index (κ2) is 8.82. The number of nitrogens with zero attached hydrogens (tertiary/aromatic N) is 2. The lowest BCUT2D eigenvalue weighted by Crippen LogP contribution is -2.33. The van der Waals surface area contributed by atoms with Crippen LogP contribution < -0.4 is 15.4 Å². The van der Waals surface area contributed by atoms with E-state index in [0.717, 1.165) is 23.4 Å². The van der Waals surface area contributed by atoms with Crippen molar-refractivity contribution in [1.82, 2.24) is 20.4 Å². The quantitative estimate of drug-likeness (QED) is 0.690. The Morgan fingerprint density at radius 1 is 1.31 bits per heavy atom. The lowest BCUT2D eigenvalue weighted by atomic mass is 9.90. The maximum absolute atomic E-state index is 12.6. The molecule has 0 spiro atoms. The number of carbonyl (C=O) groups excluding carboxylic acids is 1. The second-order valence-corrected chi connectivity index (χ2v) is 6.52. The van der Waals surface area contributed by atoms with Gasteiger partial charge in [-0.15, -0.1) is 0 Å². The lowest BCUT2D eigenvalue weighted by Gasteiger charge is -2.17.